The van der Waals surface area contributed by atoms with E-state index in [-0.39, 0.29) is 115 Å². The molecule has 2 aromatic carbocycles. The number of fused-ring (bicyclic) bond motifs is 1. The van der Waals surface area contributed by atoms with Gasteiger partial charge in [0.05, 0.1) is 19.6 Å². The lowest BCUT2D eigenvalue weighted by molar-refractivity contribution is -0.141. The molecule has 11 N–H and O–H groups in total. The minimum Gasteiger partial charge on any atom is -0.481 e. The zero-order valence-corrected chi connectivity index (χ0v) is 41.2. The van der Waals surface area contributed by atoms with E-state index in [0.29, 0.717) is 32.2 Å². The Morgan fingerprint density at radius 3 is 1.68 bits per heavy atom. The zero-order chi connectivity index (χ0) is 54.2. The molecule has 25 heteroatoms. The number of unbranched alkanes of at least 4 members (excludes halogenated alkanes) is 1. The van der Waals surface area contributed by atoms with Gasteiger partial charge in [0.2, 0.25) is 17.7 Å². The molecule has 406 valence electrons. The van der Waals surface area contributed by atoms with Gasteiger partial charge in [-0.05, 0) is 73.6 Å². The van der Waals surface area contributed by atoms with Crippen LogP contribution in [0, 0.1) is 11.8 Å². The number of carbonyl (C=O) groups is 10. The molecular formula is C49H69N9O16. The number of nitrogens with zero attached hydrogens (tertiary/aromatic N) is 4. The van der Waals surface area contributed by atoms with Gasteiger partial charge < -0.3 is 67.0 Å². The number of carbonyl (C=O) groups excluding carboxylic acids is 4. The molecule has 0 unspecified atom stereocenters. The van der Waals surface area contributed by atoms with E-state index in [2.05, 4.69) is 26.6 Å². The summed E-state index contributed by atoms with van der Waals surface area (Å²) >= 11 is 0. The van der Waals surface area contributed by atoms with Crippen LogP contribution in [0.1, 0.15) is 63.4 Å². The van der Waals surface area contributed by atoms with Crippen LogP contribution in [0.25, 0.3) is 10.8 Å². The van der Waals surface area contributed by atoms with Crippen LogP contribution in [0.5, 0.6) is 0 Å². The van der Waals surface area contributed by atoms with E-state index < -0.39 is 84.6 Å². The van der Waals surface area contributed by atoms with Crippen LogP contribution in [-0.2, 0) is 49.6 Å². The van der Waals surface area contributed by atoms with Crippen LogP contribution in [0.2, 0.25) is 0 Å². The van der Waals surface area contributed by atoms with Gasteiger partial charge in [0.15, 0.2) is 0 Å². The van der Waals surface area contributed by atoms with Crippen molar-refractivity contribution in [3.05, 3.63) is 60.4 Å². The first-order valence-corrected chi connectivity index (χ1v) is 24.6. The zero-order valence-electron chi connectivity index (χ0n) is 41.2. The van der Waals surface area contributed by atoms with E-state index in [4.69, 9.17) is 5.11 Å². The van der Waals surface area contributed by atoms with Gasteiger partial charge >= 0.3 is 41.8 Å². The Labute approximate surface area is 427 Å². The molecule has 25 nitrogen and oxygen atoms in total. The van der Waals surface area contributed by atoms with E-state index in [1.54, 1.807) is 20.9 Å². The monoisotopic (exact) mass is 1040 g/mol. The van der Waals surface area contributed by atoms with Crippen molar-refractivity contribution in [3.8, 4) is 0 Å². The van der Waals surface area contributed by atoms with E-state index in [9.17, 15) is 73.5 Å². The summed E-state index contributed by atoms with van der Waals surface area (Å²) in [4.78, 5) is 129. The van der Waals surface area contributed by atoms with Crippen LogP contribution in [0.4, 0.5) is 4.79 Å². The summed E-state index contributed by atoms with van der Waals surface area (Å²) in [6.07, 6.45) is 4.94. The van der Waals surface area contributed by atoms with Crippen molar-refractivity contribution in [2.75, 3.05) is 78.5 Å². The highest BCUT2D eigenvalue weighted by Gasteiger charge is 2.31. The second-order valence-electron chi connectivity index (χ2n) is 18.6. The third-order valence-electron chi connectivity index (χ3n) is 12.8. The van der Waals surface area contributed by atoms with Crippen molar-refractivity contribution in [2.45, 2.75) is 82.3 Å². The summed E-state index contributed by atoms with van der Waals surface area (Å²) in [6, 6.07) is 8.41. The van der Waals surface area contributed by atoms with Crippen LogP contribution < -0.4 is 26.6 Å². The van der Waals surface area contributed by atoms with Crippen molar-refractivity contribution in [2.24, 2.45) is 11.8 Å². The second kappa shape index (κ2) is 30.5. The Bertz CT molecular complexity index is 2310. The average molecular weight is 1040 g/mol. The number of amides is 5. The van der Waals surface area contributed by atoms with Gasteiger partial charge in [0, 0.05) is 83.5 Å². The molecule has 1 aliphatic heterocycles. The number of hydrogen-bond donors (Lipinski definition) is 11. The fourth-order valence-corrected chi connectivity index (χ4v) is 8.70. The molecular weight excluding hydrogens is 971 g/mol. The molecule has 0 bridgehead atoms. The molecule has 3 atom stereocenters. The molecule has 5 amide bonds. The van der Waals surface area contributed by atoms with Gasteiger partial charge in [0.25, 0.3) is 0 Å². The van der Waals surface area contributed by atoms with Crippen LogP contribution in [0.15, 0.2) is 54.9 Å². The van der Waals surface area contributed by atoms with Crippen molar-refractivity contribution in [1.29, 1.82) is 0 Å². The van der Waals surface area contributed by atoms with E-state index in [0.717, 1.165) is 16.3 Å². The minimum absolute atomic E-state index is 0.0446. The normalized spacial score (nSPS) is 18.5. The topological polar surface area (TPSA) is 365 Å². The number of benzene rings is 2. The first-order valence-electron chi connectivity index (χ1n) is 24.6. The van der Waals surface area contributed by atoms with Gasteiger partial charge in [-0.15, -0.1) is 0 Å². The summed E-state index contributed by atoms with van der Waals surface area (Å²) in [5.74, 6) is -8.84. The van der Waals surface area contributed by atoms with Crippen LogP contribution in [0.3, 0.4) is 0 Å². The van der Waals surface area contributed by atoms with Crippen LogP contribution >= 0.6 is 0 Å². The van der Waals surface area contributed by atoms with Crippen molar-refractivity contribution < 1.29 is 78.6 Å². The number of urea groups is 1. The third-order valence-corrected chi connectivity index (χ3v) is 12.8. The van der Waals surface area contributed by atoms with E-state index in [1.165, 1.54) is 11.1 Å². The molecule has 0 spiro atoms. The Kier molecular flexibility index (Phi) is 24.3. The average Bonchev–Trinajstić information content (AvgIpc) is 3.34. The first-order chi connectivity index (χ1) is 35.2. The maximum absolute atomic E-state index is 13.8. The first kappa shape index (κ1) is 59.0. The number of rotatable bonds is 27. The van der Waals surface area contributed by atoms with Gasteiger partial charge in [-0.2, -0.15) is 0 Å². The van der Waals surface area contributed by atoms with Crippen molar-refractivity contribution in [3.63, 3.8) is 0 Å². The molecule has 4 rings (SSSR count). The quantitative estimate of drug-likeness (QED) is 0.0528. The highest BCUT2D eigenvalue weighted by Crippen LogP contribution is 2.29. The Balaban J connectivity index is 1.31. The molecule has 2 aromatic rings. The summed E-state index contributed by atoms with van der Waals surface area (Å²) in [7, 11) is 0. The standard InChI is InChI=1S/C49H69N9O16/c59-40(28-55-17-19-56(29-42(62)63)21-23-58(31-44(66)67)24-22-57(20-18-55)30-43(64)65)51-27-32-8-12-35(13-9-32)45(68)52-39(26-33-10-11-34-5-1-2-6-36(34)25-33)46(69)50-16-4-3-7-37(47(70)71)53-49(74)54-38(48(72)73)14-15-41(60)61/h1-2,5-6,10-11,17,19,25,32,35,37-39H,3-4,7-9,12-16,18,20-24,26-31H2,(H,50,69)(H,51,59)(H,52,68)(H,60,61)(H,62,63)(H,64,65)(H,66,67)(H,70,71)(H,72,73)(H2,53,54,74)/b19-17-/t32?,35?,37-,38-,39-/m0/s1. The predicted molar refractivity (Wildman–Crippen MR) is 264 cm³/mol. The Morgan fingerprint density at radius 2 is 1.11 bits per heavy atom. The summed E-state index contributed by atoms with van der Waals surface area (Å²) in [6.45, 7) is 0.584. The molecule has 1 heterocycles. The summed E-state index contributed by atoms with van der Waals surface area (Å²) in [5.41, 5.74) is 0.799. The third kappa shape index (κ3) is 22.1. The molecule has 1 aliphatic carbocycles. The lowest BCUT2D eigenvalue weighted by Gasteiger charge is -2.31. The van der Waals surface area contributed by atoms with Gasteiger partial charge in [-0.25, -0.2) is 14.4 Å². The molecule has 0 saturated heterocycles. The van der Waals surface area contributed by atoms with E-state index >= 15 is 0 Å². The molecule has 1 fully saturated rings. The maximum atomic E-state index is 13.8. The SMILES string of the molecule is O=C(O)CC[C@H](NC(=O)N[C@@H](CCCCNC(=O)[C@H](Cc1ccc2ccccc2c1)NC(=O)C1CCC(CNC(=O)CN2/C=C\N(CC(=O)O)CCN(CC(=O)O)CCN(CC(=O)O)CC2)CC1)C(=O)O)C(=O)O. The van der Waals surface area contributed by atoms with Crippen molar-refractivity contribution >= 4 is 70.3 Å². The number of carboxylic acids is 6. The number of aliphatic carboxylic acids is 6. The fraction of sp³-hybridized carbons (Fsp3) is 0.551. The summed E-state index contributed by atoms with van der Waals surface area (Å²) in [5, 5.41) is 71.2. The summed E-state index contributed by atoms with van der Waals surface area (Å²) < 4.78 is 0. The maximum Gasteiger partial charge on any atom is 0.326 e. The van der Waals surface area contributed by atoms with E-state index in [1.807, 2.05) is 42.5 Å². The second-order valence-corrected chi connectivity index (χ2v) is 18.6. The Morgan fingerprint density at radius 1 is 0.554 bits per heavy atom. The smallest absolute Gasteiger partial charge is 0.326 e. The molecule has 74 heavy (non-hydrogen) atoms. The number of nitrogens with one attached hydrogen (secondary N) is 5. The lowest BCUT2D eigenvalue weighted by atomic mass is 9.81. The van der Waals surface area contributed by atoms with Gasteiger partial charge in [-0.3, -0.25) is 43.4 Å². The number of carboxylic acid groups (broad SMARTS) is 6. The molecule has 2 aliphatic rings. The van der Waals surface area contributed by atoms with Gasteiger partial charge in [-0.1, -0.05) is 42.5 Å². The molecule has 1 saturated carbocycles. The lowest BCUT2D eigenvalue weighted by Crippen LogP contribution is -2.51. The molecule has 0 aromatic heterocycles. The highest BCUT2D eigenvalue weighted by molar-refractivity contribution is 5.90. The van der Waals surface area contributed by atoms with Gasteiger partial charge in [0.1, 0.15) is 24.7 Å². The fourth-order valence-electron chi connectivity index (χ4n) is 8.70. The molecule has 0 radical (unpaired) electrons. The minimum atomic E-state index is -1.55. The largest absolute Gasteiger partial charge is 0.481 e. The highest BCUT2D eigenvalue weighted by atomic mass is 16.4. The van der Waals surface area contributed by atoms with Crippen molar-refractivity contribution in [1.82, 2.24) is 46.2 Å². The van der Waals surface area contributed by atoms with Crippen LogP contribution in [-0.4, -0.2) is 206 Å². The predicted octanol–water partition coefficient (Wildman–Crippen LogP) is 0.0932. The number of hydrogen-bond acceptors (Lipinski definition) is 14. The Hall–Kier alpha value is -7.54.